The standard InChI is InChI=1S/C20H20F3N5O/c1-28-18(12-25-27-28)13-6-8-14(9-7-13)19(29)26-16(11-24)10-15-4-2-3-5-17(15)20(21,22)23/h2-9,12,16H,10-11,24H2,1H3,(H,26,29)/t16-/m0/s1. The number of hydrogen-bond donors (Lipinski definition) is 2. The highest BCUT2D eigenvalue weighted by Crippen LogP contribution is 2.32. The molecule has 0 unspecified atom stereocenters. The van der Waals surface area contributed by atoms with E-state index in [9.17, 15) is 18.0 Å². The van der Waals surface area contributed by atoms with Crippen LogP contribution in [0.15, 0.2) is 54.7 Å². The van der Waals surface area contributed by atoms with Gasteiger partial charge in [0, 0.05) is 30.8 Å². The maximum absolute atomic E-state index is 13.2. The van der Waals surface area contributed by atoms with Gasteiger partial charge in [-0.25, -0.2) is 4.68 Å². The van der Waals surface area contributed by atoms with Crippen LogP contribution in [-0.2, 0) is 19.6 Å². The van der Waals surface area contributed by atoms with E-state index in [1.54, 1.807) is 42.2 Å². The number of alkyl halides is 3. The topological polar surface area (TPSA) is 85.8 Å². The third-order valence-electron chi connectivity index (χ3n) is 4.57. The van der Waals surface area contributed by atoms with E-state index in [1.807, 2.05) is 0 Å². The number of rotatable bonds is 6. The molecule has 152 valence electrons. The fourth-order valence-electron chi connectivity index (χ4n) is 3.05. The number of nitrogens with zero attached hydrogens (tertiary/aromatic N) is 3. The molecule has 9 heteroatoms. The molecule has 0 bridgehead atoms. The fraction of sp³-hybridized carbons (Fsp3) is 0.250. The largest absolute Gasteiger partial charge is 0.416 e. The SMILES string of the molecule is Cn1nncc1-c1ccc(C(=O)N[C@H](CN)Cc2ccccc2C(F)(F)F)cc1. The van der Waals surface area contributed by atoms with Gasteiger partial charge in [-0.15, -0.1) is 5.10 Å². The summed E-state index contributed by atoms with van der Waals surface area (Å²) in [4.78, 5) is 12.5. The second-order valence-corrected chi connectivity index (χ2v) is 6.59. The van der Waals surface area contributed by atoms with Crippen molar-refractivity contribution in [2.45, 2.75) is 18.6 Å². The lowest BCUT2D eigenvalue weighted by Crippen LogP contribution is -2.42. The summed E-state index contributed by atoms with van der Waals surface area (Å²) in [6.45, 7) is 0.0106. The summed E-state index contributed by atoms with van der Waals surface area (Å²) in [5.74, 6) is -0.403. The number of nitrogens with one attached hydrogen (secondary N) is 1. The molecule has 0 spiro atoms. The number of carbonyl (C=O) groups excluding carboxylic acids is 1. The summed E-state index contributed by atoms with van der Waals surface area (Å²) in [5, 5.41) is 10.4. The van der Waals surface area contributed by atoms with Crippen LogP contribution in [0.5, 0.6) is 0 Å². The lowest BCUT2D eigenvalue weighted by molar-refractivity contribution is -0.138. The Morgan fingerprint density at radius 2 is 1.86 bits per heavy atom. The first-order valence-corrected chi connectivity index (χ1v) is 8.90. The number of amides is 1. The van der Waals surface area contributed by atoms with Gasteiger partial charge < -0.3 is 11.1 Å². The van der Waals surface area contributed by atoms with Crippen LogP contribution in [-0.4, -0.2) is 33.5 Å². The maximum Gasteiger partial charge on any atom is 0.416 e. The van der Waals surface area contributed by atoms with Gasteiger partial charge in [-0.2, -0.15) is 13.2 Å². The normalized spacial score (nSPS) is 12.6. The molecule has 3 N–H and O–H groups in total. The number of carbonyl (C=O) groups is 1. The van der Waals surface area contributed by atoms with Crippen LogP contribution in [0.1, 0.15) is 21.5 Å². The first kappa shape index (κ1) is 20.5. The zero-order valence-corrected chi connectivity index (χ0v) is 15.6. The minimum Gasteiger partial charge on any atom is -0.348 e. The van der Waals surface area contributed by atoms with E-state index in [1.165, 1.54) is 18.2 Å². The summed E-state index contributed by atoms with van der Waals surface area (Å²) in [6.07, 6.45) is -2.87. The zero-order valence-electron chi connectivity index (χ0n) is 15.6. The van der Waals surface area contributed by atoms with Gasteiger partial charge in [0.25, 0.3) is 5.91 Å². The van der Waals surface area contributed by atoms with E-state index in [2.05, 4.69) is 15.6 Å². The second kappa shape index (κ2) is 8.44. The van der Waals surface area contributed by atoms with E-state index in [-0.39, 0.29) is 18.5 Å². The van der Waals surface area contributed by atoms with E-state index in [4.69, 9.17) is 5.73 Å². The summed E-state index contributed by atoms with van der Waals surface area (Å²) in [6, 6.07) is 11.4. The van der Waals surface area contributed by atoms with Crippen molar-refractivity contribution in [1.29, 1.82) is 0 Å². The van der Waals surface area contributed by atoms with Crippen LogP contribution in [0.3, 0.4) is 0 Å². The Morgan fingerprint density at radius 1 is 1.17 bits per heavy atom. The number of benzene rings is 2. The molecule has 29 heavy (non-hydrogen) atoms. The molecule has 0 aliphatic rings. The Morgan fingerprint density at radius 3 is 2.45 bits per heavy atom. The Labute approximate surface area is 165 Å². The van der Waals surface area contributed by atoms with Gasteiger partial charge in [0.05, 0.1) is 17.5 Å². The highest BCUT2D eigenvalue weighted by molar-refractivity contribution is 5.94. The van der Waals surface area contributed by atoms with Crippen LogP contribution in [0.4, 0.5) is 13.2 Å². The van der Waals surface area contributed by atoms with E-state index >= 15 is 0 Å². The molecule has 1 atom stereocenters. The minimum atomic E-state index is -4.46. The van der Waals surface area contributed by atoms with Crippen molar-refractivity contribution in [2.75, 3.05) is 6.54 Å². The zero-order chi connectivity index (χ0) is 21.0. The molecule has 2 aromatic carbocycles. The van der Waals surface area contributed by atoms with Gasteiger partial charge in [0.2, 0.25) is 0 Å². The van der Waals surface area contributed by atoms with Crippen LogP contribution in [0.25, 0.3) is 11.3 Å². The lowest BCUT2D eigenvalue weighted by Gasteiger charge is -2.20. The third kappa shape index (κ3) is 4.80. The summed E-state index contributed by atoms with van der Waals surface area (Å²) in [7, 11) is 1.76. The molecule has 0 saturated heterocycles. The Hall–Kier alpha value is -3.20. The van der Waals surface area contributed by atoms with Crippen molar-refractivity contribution in [2.24, 2.45) is 12.8 Å². The summed E-state index contributed by atoms with van der Waals surface area (Å²) in [5.41, 5.74) is 7.08. The van der Waals surface area contributed by atoms with Crippen LogP contribution < -0.4 is 11.1 Å². The van der Waals surface area contributed by atoms with Crippen LogP contribution in [0.2, 0.25) is 0 Å². The van der Waals surface area contributed by atoms with Crippen molar-refractivity contribution in [3.8, 4) is 11.3 Å². The number of halogens is 3. The smallest absolute Gasteiger partial charge is 0.348 e. The van der Waals surface area contributed by atoms with Crippen LogP contribution in [0, 0.1) is 0 Å². The van der Waals surface area contributed by atoms with E-state index < -0.39 is 23.7 Å². The molecule has 6 nitrogen and oxygen atoms in total. The van der Waals surface area contributed by atoms with E-state index in [0.29, 0.717) is 5.56 Å². The Bertz CT molecular complexity index is 982. The highest BCUT2D eigenvalue weighted by atomic mass is 19.4. The quantitative estimate of drug-likeness (QED) is 0.663. The first-order chi connectivity index (χ1) is 13.8. The monoisotopic (exact) mass is 403 g/mol. The van der Waals surface area contributed by atoms with Gasteiger partial charge in [-0.1, -0.05) is 35.5 Å². The first-order valence-electron chi connectivity index (χ1n) is 8.90. The third-order valence-corrected chi connectivity index (χ3v) is 4.57. The molecular weight excluding hydrogens is 383 g/mol. The number of hydrogen-bond acceptors (Lipinski definition) is 4. The van der Waals surface area contributed by atoms with Crippen molar-refractivity contribution in [3.63, 3.8) is 0 Å². The molecule has 0 aliphatic heterocycles. The molecule has 3 aromatic rings. The number of nitrogens with two attached hydrogens (primary N) is 1. The molecule has 0 fully saturated rings. The molecular formula is C20H20F3N5O. The van der Waals surface area contributed by atoms with Gasteiger partial charge in [-0.05, 0) is 30.2 Å². The lowest BCUT2D eigenvalue weighted by atomic mass is 9.99. The maximum atomic E-state index is 13.2. The van der Waals surface area contributed by atoms with Crippen molar-refractivity contribution in [3.05, 3.63) is 71.4 Å². The van der Waals surface area contributed by atoms with Gasteiger partial charge in [0.1, 0.15) is 0 Å². The summed E-state index contributed by atoms with van der Waals surface area (Å²) < 4.78 is 41.2. The van der Waals surface area contributed by atoms with Crippen molar-refractivity contribution in [1.82, 2.24) is 20.3 Å². The average molecular weight is 403 g/mol. The number of aromatic nitrogens is 3. The average Bonchev–Trinajstić information content (AvgIpc) is 3.13. The summed E-state index contributed by atoms with van der Waals surface area (Å²) >= 11 is 0. The molecule has 3 rings (SSSR count). The highest BCUT2D eigenvalue weighted by Gasteiger charge is 2.33. The molecule has 0 aliphatic carbocycles. The molecule has 0 saturated carbocycles. The Balaban J connectivity index is 1.72. The van der Waals surface area contributed by atoms with Gasteiger partial charge >= 0.3 is 6.18 Å². The van der Waals surface area contributed by atoms with Gasteiger partial charge in [-0.3, -0.25) is 4.79 Å². The molecule has 1 aromatic heterocycles. The van der Waals surface area contributed by atoms with Crippen molar-refractivity contribution < 1.29 is 18.0 Å². The second-order valence-electron chi connectivity index (χ2n) is 6.59. The number of aryl methyl sites for hydroxylation is 1. The van der Waals surface area contributed by atoms with Gasteiger partial charge in [0.15, 0.2) is 0 Å². The molecule has 0 radical (unpaired) electrons. The van der Waals surface area contributed by atoms with E-state index in [0.717, 1.165) is 17.3 Å². The minimum absolute atomic E-state index is 0.0106. The fourth-order valence-corrected chi connectivity index (χ4v) is 3.05. The molecule has 1 heterocycles. The van der Waals surface area contributed by atoms with Crippen LogP contribution >= 0.6 is 0 Å². The molecule has 1 amide bonds. The predicted molar refractivity (Wildman–Crippen MR) is 102 cm³/mol. The van der Waals surface area contributed by atoms with Crippen molar-refractivity contribution >= 4 is 5.91 Å². The Kier molecular flexibility index (Phi) is 5.97. The predicted octanol–water partition coefficient (Wildman–Crippen LogP) is 2.80.